The van der Waals surface area contributed by atoms with Gasteiger partial charge in [0.15, 0.2) is 0 Å². The Morgan fingerprint density at radius 2 is 1.54 bits per heavy atom. The van der Waals surface area contributed by atoms with E-state index in [1.807, 2.05) is 42.5 Å². The average Bonchev–Trinajstić information content (AvgIpc) is 3.28. The molecule has 6 heteroatoms. The highest BCUT2D eigenvalue weighted by Crippen LogP contribution is 2.39. The summed E-state index contributed by atoms with van der Waals surface area (Å²) in [7, 11) is 0. The molecular weight excluding hydrogens is 436 g/mol. The van der Waals surface area contributed by atoms with E-state index in [1.165, 1.54) is 0 Å². The summed E-state index contributed by atoms with van der Waals surface area (Å²) in [4.78, 5) is 12.7. The van der Waals surface area contributed by atoms with Crippen molar-refractivity contribution in [1.29, 1.82) is 0 Å². The minimum atomic E-state index is -0.383. The SMILES string of the molecule is CC(C)(C)c1cc(/C=N\NC(=O)c2cc(-c3ccc4ccccc4c3)n[nH]2)cc(C(C)(C)C)c1O. The molecule has 1 aromatic heterocycles. The van der Waals surface area contributed by atoms with Gasteiger partial charge < -0.3 is 5.11 Å². The minimum absolute atomic E-state index is 0.244. The highest BCUT2D eigenvalue weighted by atomic mass is 16.3. The van der Waals surface area contributed by atoms with Crippen LogP contribution in [0, 0.1) is 0 Å². The molecule has 0 radical (unpaired) electrons. The average molecular weight is 469 g/mol. The van der Waals surface area contributed by atoms with Gasteiger partial charge in [0.1, 0.15) is 11.4 Å². The number of phenolic OH excluding ortho intramolecular Hbond substituents is 1. The van der Waals surface area contributed by atoms with E-state index in [-0.39, 0.29) is 16.7 Å². The Morgan fingerprint density at radius 3 is 2.17 bits per heavy atom. The van der Waals surface area contributed by atoms with Crippen LogP contribution in [-0.4, -0.2) is 27.4 Å². The number of amides is 1. The zero-order valence-corrected chi connectivity index (χ0v) is 21.1. The van der Waals surface area contributed by atoms with E-state index >= 15 is 0 Å². The number of H-pyrrole nitrogens is 1. The summed E-state index contributed by atoms with van der Waals surface area (Å²) < 4.78 is 0. The molecule has 6 nitrogen and oxygen atoms in total. The Hall–Kier alpha value is -3.93. The van der Waals surface area contributed by atoms with Crippen LogP contribution in [0.2, 0.25) is 0 Å². The van der Waals surface area contributed by atoms with Crippen LogP contribution in [0.1, 0.15) is 68.7 Å². The number of hydrogen-bond acceptors (Lipinski definition) is 4. The molecule has 0 aliphatic heterocycles. The van der Waals surface area contributed by atoms with E-state index in [2.05, 4.69) is 74.4 Å². The second-order valence-corrected chi connectivity index (χ2v) is 10.9. The van der Waals surface area contributed by atoms with Gasteiger partial charge in [-0.2, -0.15) is 10.2 Å². The first-order chi connectivity index (χ1) is 16.4. The van der Waals surface area contributed by atoms with Crippen LogP contribution in [0.3, 0.4) is 0 Å². The van der Waals surface area contributed by atoms with Gasteiger partial charge in [-0.1, -0.05) is 77.9 Å². The van der Waals surface area contributed by atoms with Crippen LogP contribution in [0.15, 0.2) is 65.8 Å². The fraction of sp³-hybridized carbons (Fsp3) is 0.276. The van der Waals surface area contributed by atoms with Gasteiger partial charge in [-0.05, 0) is 51.4 Å². The largest absolute Gasteiger partial charge is 0.507 e. The van der Waals surface area contributed by atoms with Crippen LogP contribution < -0.4 is 5.43 Å². The Balaban J connectivity index is 1.53. The number of benzene rings is 3. The first kappa shape index (κ1) is 24.2. The summed E-state index contributed by atoms with van der Waals surface area (Å²) in [6, 6.07) is 19.7. The van der Waals surface area contributed by atoms with Crippen molar-refractivity contribution in [3.63, 3.8) is 0 Å². The predicted molar refractivity (Wildman–Crippen MR) is 142 cm³/mol. The first-order valence-corrected chi connectivity index (χ1v) is 11.7. The van der Waals surface area contributed by atoms with Gasteiger partial charge in [0.25, 0.3) is 5.91 Å². The fourth-order valence-electron chi connectivity index (χ4n) is 4.03. The molecule has 4 rings (SSSR count). The van der Waals surface area contributed by atoms with E-state index in [9.17, 15) is 9.90 Å². The fourth-order valence-corrected chi connectivity index (χ4v) is 4.03. The molecule has 0 bridgehead atoms. The van der Waals surface area contributed by atoms with Gasteiger partial charge in [0, 0.05) is 16.7 Å². The Kier molecular flexibility index (Phi) is 6.24. The summed E-state index contributed by atoms with van der Waals surface area (Å²) in [6.07, 6.45) is 1.60. The van der Waals surface area contributed by atoms with Gasteiger partial charge in [-0.25, -0.2) is 5.43 Å². The molecule has 0 aliphatic rings. The molecular formula is C29H32N4O2. The van der Waals surface area contributed by atoms with Crippen molar-refractivity contribution < 1.29 is 9.90 Å². The molecule has 35 heavy (non-hydrogen) atoms. The Bertz CT molecular complexity index is 1380. The summed E-state index contributed by atoms with van der Waals surface area (Å²) in [5.41, 5.74) is 6.50. The van der Waals surface area contributed by atoms with E-state index in [0.717, 1.165) is 33.0 Å². The minimum Gasteiger partial charge on any atom is -0.507 e. The number of aromatic nitrogens is 2. The van der Waals surface area contributed by atoms with Crippen LogP contribution in [-0.2, 0) is 10.8 Å². The number of hydrazone groups is 1. The molecule has 180 valence electrons. The Morgan fingerprint density at radius 1 is 0.914 bits per heavy atom. The molecule has 0 atom stereocenters. The third-order valence-electron chi connectivity index (χ3n) is 6.00. The normalized spacial score (nSPS) is 12.4. The number of carbonyl (C=O) groups is 1. The van der Waals surface area contributed by atoms with Crippen molar-refractivity contribution >= 4 is 22.9 Å². The van der Waals surface area contributed by atoms with Gasteiger partial charge in [-0.3, -0.25) is 9.89 Å². The number of nitrogens with zero attached hydrogens (tertiary/aromatic N) is 2. The van der Waals surface area contributed by atoms with Crippen molar-refractivity contribution in [3.05, 3.63) is 83.0 Å². The molecule has 0 saturated carbocycles. The molecule has 0 saturated heterocycles. The lowest BCUT2D eigenvalue weighted by Gasteiger charge is -2.27. The van der Waals surface area contributed by atoms with Crippen LogP contribution in [0.5, 0.6) is 5.75 Å². The van der Waals surface area contributed by atoms with Crippen LogP contribution >= 0.6 is 0 Å². The molecule has 4 aromatic rings. The molecule has 3 N–H and O–H groups in total. The van der Waals surface area contributed by atoms with E-state index in [0.29, 0.717) is 17.1 Å². The number of aromatic amines is 1. The Labute approximate surface area is 206 Å². The molecule has 0 fully saturated rings. The maximum absolute atomic E-state index is 12.7. The summed E-state index contributed by atoms with van der Waals surface area (Å²) in [5.74, 6) is -0.0727. The maximum Gasteiger partial charge on any atom is 0.289 e. The zero-order chi connectivity index (χ0) is 25.4. The lowest BCUT2D eigenvalue weighted by atomic mass is 9.78. The zero-order valence-electron chi connectivity index (χ0n) is 21.1. The lowest BCUT2D eigenvalue weighted by Crippen LogP contribution is -2.19. The monoisotopic (exact) mass is 468 g/mol. The summed E-state index contributed by atoms with van der Waals surface area (Å²) in [6.45, 7) is 12.3. The first-order valence-electron chi connectivity index (χ1n) is 11.7. The number of fused-ring (bicyclic) bond motifs is 1. The maximum atomic E-state index is 12.7. The smallest absolute Gasteiger partial charge is 0.289 e. The molecule has 0 spiro atoms. The lowest BCUT2D eigenvalue weighted by molar-refractivity contribution is 0.0950. The second kappa shape index (κ2) is 9.02. The third kappa shape index (κ3) is 5.27. The van der Waals surface area contributed by atoms with Gasteiger partial charge >= 0.3 is 0 Å². The van der Waals surface area contributed by atoms with Crippen LogP contribution in [0.25, 0.3) is 22.0 Å². The second-order valence-electron chi connectivity index (χ2n) is 10.9. The van der Waals surface area contributed by atoms with Crippen molar-refractivity contribution in [2.45, 2.75) is 52.4 Å². The number of rotatable bonds is 4. The topological polar surface area (TPSA) is 90.4 Å². The standard InChI is InChI=1S/C29H32N4O2/c1-28(2,3)22-13-18(14-23(26(22)34)29(4,5)6)17-30-33-27(35)25-16-24(31-32-25)21-12-11-19-9-7-8-10-20(19)15-21/h7-17,34H,1-6H3,(H,31,32)(H,33,35)/b30-17-. The van der Waals surface area contributed by atoms with E-state index in [4.69, 9.17) is 0 Å². The number of carbonyl (C=O) groups excluding carboxylic acids is 1. The third-order valence-corrected chi connectivity index (χ3v) is 6.00. The number of aromatic hydroxyl groups is 1. The van der Waals surface area contributed by atoms with Crippen molar-refractivity contribution in [2.75, 3.05) is 0 Å². The summed E-state index contributed by atoms with van der Waals surface area (Å²) in [5, 5.41) is 24.4. The van der Waals surface area contributed by atoms with Gasteiger partial charge in [0.05, 0.1) is 11.9 Å². The van der Waals surface area contributed by atoms with Crippen molar-refractivity contribution in [1.82, 2.24) is 15.6 Å². The van der Waals surface area contributed by atoms with Gasteiger partial charge in [0.2, 0.25) is 0 Å². The van der Waals surface area contributed by atoms with E-state index in [1.54, 1.807) is 12.3 Å². The number of phenols is 1. The van der Waals surface area contributed by atoms with Crippen LogP contribution in [0.4, 0.5) is 0 Å². The molecule has 3 aromatic carbocycles. The quantitative estimate of drug-likeness (QED) is 0.243. The molecule has 0 aliphatic carbocycles. The highest BCUT2D eigenvalue weighted by Gasteiger charge is 2.26. The highest BCUT2D eigenvalue weighted by molar-refractivity contribution is 5.94. The van der Waals surface area contributed by atoms with Crippen molar-refractivity contribution in [3.8, 4) is 17.0 Å². The van der Waals surface area contributed by atoms with Crippen molar-refractivity contribution in [2.24, 2.45) is 5.10 Å². The summed E-state index contributed by atoms with van der Waals surface area (Å²) >= 11 is 0. The number of hydrogen-bond donors (Lipinski definition) is 3. The molecule has 1 heterocycles. The predicted octanol–water partition coefficient (Wildman–Crippen LogP) is 6.29. The van der Waals surface area contributed by atoms with E-state index < -0.39 is 0 Å². The molecule has 0 unspecified atom stereocenters. The molecule has 1 amide bonds. The van der Waals surface area contributed by atoms with Gasteiger partial charge in [-0.15, -0.1) is 0 Å². The number of nitrogens with one attached hydrogen (secondary N) is 2.